The number of benzene rings is 1. The molecule has 0 amide bonds. The monoisotopic (exact) mass is 205 g/mol. The fraction of sp³-hybridized carbons (Fsp3) is 0.538. The topological polar surface area (TPSA) is 35.2 Å². The van der Waals surface area contributed by atoms with Crippen molar-refractivity contribution in [1.82, 2.24) is 0 Å². The first kappa shape index (κ1) is 10.5. The van der Waals surface area contributed by atoms with Crippen LogP contribution in [0, 0.1) is 0 Å². The van der Waals surface area contributed by atoms with Gasteiger partial charge in [0.05, 0.1) is 6.61 Å². The van der Waals surface area contributed by atoms with Gasteiger partial charge in [0, 0.05) is 18.2 Å². The van der Waals surface area contributed by atoms with Gasteiger partial charge in [-0.15, -0.1) is 0 Å². The predicted molar refractivity (Wildman–Crippen MR) is 62.9 cm³/mol. The third kappa shape index (κ3) is 1.86. The summed E-state index contributed by atoms with van der Waals surface area (Å²) < 4.78 is 5.38. The van der Waals surface area contributed by atoms with Crippen molar-refractivity contribution in [3.8, 4) is 0 Å². The Labute approximate surface area is 91.4 Å². The molecule has 2 heteroatoms. The Hall–Kier alpha value is -1.02. The molecule has 0 bridgehead atoms. The predicted octanol–water partition coefficient (Wildman–Crippen LogP) is 2.73. The van der Waals surface area contributed by atoms with E-state index in [0.29, 0.717) is 0 Å². The van der Waals surface area contributed by atoms with Crippen LogP contribution in [-0.4, -0.2) is 13.7 Å². The van der Waals surface area contributed by atoms with Crippen LogP contribution in [0.5, 0.6) is 0 Å². The molecule has 0 aromatic heterocycles. The Kier molecular flexibility index (Phi) is 2.96. The van der Waals surface area contributed by atoms with Gasteiger partial charge in [-0.3, -0.25) is 0 Å². The number of rotatable bonds is 3. The van der Waals surface area contributed by atoms with E-state index in [0.717, 1.165) is 12.3 Å². The largest absolute Gasteiger partial charge is 0.398 e. The Morgan fingerprint density at radius 1 is 1.27 bits per heavy atom. The number of nitrogens with two attached hydrogens (primary N) is 1. The summed E-state index contributed by atoms with van der Waals surface area (Å²) in [7, 11) is 1.78. The zero-order chi connectivity index (χ0) is 10.7. The zero-order valence-corrected chi connectivity index (χ0v) is 9.33. The van der Waals surface area contributed by atoms with E-state index in [1.165, 1.54) is 31.2 Å². The van der Waals surface area contributed by atoms with Crippen molar-refractivity contribution in [3.05, 3.63) is 29.8 Å². The standard InChI is InChI=1S/C13H19NO/c1-15-10-13(8-4-5-9-13)11-6-2-3-7-12(11)14/h2-3,6-7H,4-5,8-10,14H2,1H3. The van der Waals surface area contributed by atoms with Gasteiger partial charge in [-0.2, -0.15) is 0 Å². The van der Waals surface area contributed by atoms with Crippen molar-refractivity contribution in [2.24, 2.45) is 0 Å². The number of nitrogen functional groups attached to an aromatic ring is 1. The molecule has 0 aliphatic heterocycles. The van der Waals surface area contributed by atoms with E-state index >= 15 is 0 Å². The molecule has 2 rings (SSSR count). The van der Waals surface area contributed by atoms with Gasteiger partial charge in [-0.05, 0) is 24.5 Å². The average Bonchev–Trinajstić information content (AvgIpc) is 2.69. The second kappa shape index (κ2) is 4.23. The Morgan fingerprint density at radius 2 is 1.93 bits per heavy atom. The highest BCUT2D eigenvalue weighted by Gasteiger charge is 2.36. The minimum Gasteiger partial charge on any atom is -0.398 e. The molecule has 0 unspecified atom stereocenters. The SMILES string of the molecule is COCC1(c2ccccc2N)CCCC1. The van der Waals surface area contributed by atoms with Gasteiger partial charge in [-0.1, -0.05) is 31.0 Å². The van der Waals surface area contributed by atoms with Crippen LogP contribution in [0.4, 0.5) is 5.69 Å². The van der Waals surface area contributed by atoms with Crippen LogP contribution in [0.2, 0.25) is 0 Å². The van der Waals surface area contributed by atoms with Crippen LogP contribution in [0.25, 0.3) is 0 Å². The molecular formula is C13H19NO. The number of ether oxygens (including phenoxy) is 1. The molecule has 1 fully saturated rings. The Bertz CT molecular complexity index is 329. The lowest BCUT2D eigenvalue weighted by Crippen LogP contribution is -2.29. The van der Waals surface area contributed by atoms with Gasteiger partial charge in [0.1, 0.15) is 0 Å². The van der Waals surface area contributed by atoms with E-state index in [2.05, 4.69) is 12.1 Å². The first-order chi connectivity index (χ1) is 7.28. The summed E-state index contributed by atoms with van der Waals surface area (Å²) in [6.07, 6.45) is 4.99. The van der Waals surface area contributed by atoms with Crippen molar-refractivity contribution in [2.45, 2.75) is 31.1 Å². The third-order valence-corrected chi connectivity index (χ3v) is 3.51. The van der Waals surface area contributed by atoms with Crippen molar-refractivity contribution in [1.29, 1.82) is 0 Å². The van der Waals surface area contributed by atoms with Crippen molar-refractivity contribution in [3.63, 3.8) is 0 Å². The lowest BCUT2D eigenvalue weighted by Gasteiger charge is -2.29. The molecule has 15 heavy (non-hydrogen) atoms. The highest BCUT2D eigenvalue weighted by Crippen LogP contribution is 2.43. The maximum Gasteiger partial charge on any atom is 0.0559 e. The lowest BCUT2D eigenvalue weighted by atomic mass is 9.79. The second-order valence-corrected chi connectivity index (χ2v) is 4.51. The molecule has 1 aliphatic rings. The Morgan fingerprint density at radius 3 is 2.53 bits per heavy atom. The summed E-state index contributed by atoms with van der Waals surface area (Å²) in [5.74, 6) is 0. The van der Waals surface area contributed by atoms with Crippen LogP contribution in [0.1, 0.15) is 31.2 Å². The molecule has 0 atom stereocenters. The maximum absolute atomic E-state index is 6.06. The summed E-state index contributed by atoms with van der Waals surface area (Å²) >= 11 is 0. The molecule has 0 heterocycles. The smallest absolute Gasteiger partial charge is 0.0559 e. The van der Waals surface area contributed by atoms with E-state index < -0.39 is 0 Å². The minimum absolute atomic E-state index is 0.181. The van der Waals surface area contributed by atoms with Crippen molar-refractivity contribution < 1.29 is 4.74 Å². The molecule has 0 radical (unpaired) electrons. The van der Waals surface area contributed by atoms with Gasteiger partial charge < -0.3 is 10.5 Å². The summed E-state index contributed by atoms with van der Waals surface area (Å²) in [4.78, 5) is 0. The third-order valence-electron chi connectivity index (χ3n) is 3.51. The van der Waals surface area contributed by atoms with E-state index in [9.17, 15) is 0 Å². The summed E-state index contributed by atoms with van der Waals surface area (Å²) in [5.41, 5.74) is 8.44. The van der Waals surface area contributed by atoms with Gasteiger partial charge in [0.15, 0.2) is 0 Å². The molecule has 1 aliphatic carbocycles. The van der Waals surface area contributed by atoms with E-state index in [-0.39, 0.29) is 5.41 Å². The molecular weight excluding hydrogens is 186 g/mol. The Balaban J connectivity index is 2.36. The normalized spacial score (nSPS) is 19.3. The maximum atomic E-state index is 6.06. The van der Waals surface area contributed by atoms with Crippen molar-refractivity contribution >= 4 is 5.69 Å². The molecule has 1 aromatic rings. The van der Waals surface area contributed by atoms with E-state index in [4.69, 9.17) is 10.5 Å². The summed E-state index contributed by atoms with van der Waals surface area (Å²) in [5, 5.41) is 0. The second-order valence-electron chi connectivity index (χ2n) is 4.51. The highest BCUT2D eigenvalue weighted by atomic mass is 16.5. The number of para-hydroxylation sites is 1. The van der Waals surface area contributed by atoms with Gasteiger partial charge in [0.25, 0.3) is 0 Å². The lowest BCUT2D eigenvalue weighted by molar-refractivity contribution is 0.132. The molecule has 0 saturated heterocycles. The van der Waals surface area contributed by atoms with E-state index in [1.54, 1.807) is 7.11 Å². The average molecular weight is 205 g/mol. The number of methoxy groups -OCH3 is 1. The molecule has 2 nitrogen and oxygen atoms in total. The first-order valence-electron chi connectivity index (χ1n) is 5.62. The molecule has 82 valence electrons. The zero-order valence-electron chi connectivity index (χ0n) is 9.33. The van der Waals surface area contributed by atoms with Crippen LogP contribution < -0.4 is 5.73 Å². The minimum atomic E-state index is 0.181. The number of anilines is 1. The number of hydrogen-bond acceptors (Lipinski definition) is 2. The summed E-state index contributed by atoms with van der Waals surface area (Å²) in [6, 6.07) is 8.21. The fourth-order valence-electron chi connectivity index (χ4n) is 2.80. The fourth-order valence-corrected chi connectivity index (χ4v) is 2.80. The van der Waals surface area contributed by atoms with Crippen molar-refractivity contribution in [2.75, 3.05) is 19.5 Å². The quantitative estimate of drug-likeness (QED) is 0.770. The molecule has 1 saturated carbocycles. The van der Waals surface area contributed by atoms with E-state index in [1.807, 2.05) is 12.1 Å². The van der Waals surface area contributed by atoms with Gasteiger partial charge >= 0.3 is 0 Å². The van der Waals surface area contributed by atoms with Crippen LogP contribution >= 0.6 is 0 Å². The highest BCUT2D eigenvalue weighted by molar-refractivity contribution is 5.51. The van der Waals surface area contributed by atoms with Crippen LogP contribution in [-0.2, 0) is 10.2 Å². The molecule has 1 aromatic carbocycles. The molecule has 0 spiro atoms. The van der Waals surface area contributed by atoms with Gasteiger partial charge in [0.2, 0.25) is 0 Å². The number of hydrogen-bond donors (Lipinski definition) is 1. The first-order valence-corrected chi connectivity index (χ1v) is 5.62. The van der Waals surface area contributed by atoms with Crippen LogP contribution in [0.15, 0.2) is 24.3 Å². The van der Waals surface area contributed by atoms with Crippen LogP contribution in [0.3, 0.4) is 0 Å². The summed E-state index contributed by atoms with van der Waals surface area (Å²) in [6.45, 7) is 0.793. The van der Waals surface area contributed by atoms with Gasteiger partial charge in [-0.25, -0.2) is 0 Å². The molecule has 2 N–H and O–H groups in total.